The lowest BCUT2D eigenvalue weighted by Crippen LogP contribution is -2.35. The average molecular weight is 557 g/mol. The van der Waals surface area contributed by atoms with Gasteiger partial charge in [-0.25, -0.2) is 31.5 Å². The van der Waals surface area contributed by atoms with Crippen molar-refractivity contribution in [2.45, 2.75) is 70.9 Å². The Labute approximate surface area is 222 Å². The minimum atomic E-state index is -2.37. The Bertz CT molecular complexity index is 1200. The molecule has 0 aromatic heterocycles. The van der Waals surface area contributed by atoms with E-state index in [1.807, 2.05) is 13.8 Å². The summed E-state index contributed by atoms with van der Waals surface area (Å²) in [5, 5.41) is 0. The van der Waals surface area contributed by atoms with E-state index in [0.717, 1.165) is 12.0 Å². The Morgan fingerprint density at radius 3 is 2.15 bits per heavy atom. The summed E-state index contributed by atoms with van der Waals surface area (Å²) in [6.07, 6.45) is 1.38. The van der Waals surface area contributed by atoms with Gasteiger partial charge < -0.3 is 18.9 Å². The van der Waals surface area contributed by atoms with Crippen LogP contribution in [0.2, 0.25) is 0 Å². The standard InChI is InChI=1S/C28H29F5O6/c1-5-13-28(4,39-26(34)15(2)3)16-9-11-17(12-10-16)37-19-8-6-7-18(38-19)14-36-27(35)20-21(29)23(31)25(33)24(32)22(20)30/h9-12,18-19H,2,5-8,13-14H2,1,3-4H3. The van der Waals surface area contributed by atoms with Crippen molar-refractivity contribution >= 4 is 11.9 Å². The molecule has 0 N–H and O–H groups in total. The van der Waals surface area contributed by atoms with Gasteiger partial charge in [-0.15, -0.1) is 0 Å². The second-order valence-electron chi connectivity index (χ2n) is 9.45. The first-order valence-electron chi connectivity index (χ1n) is 12.4. The summed E-state index contributed by atoms with van der Waals surface area (Å²) in [6, 6.07) is 6.91. The van der Waals surface area contributed by atoms with Gasteiger partial charge in [0.15, 0.2) is 29.6 Å². The van der Waals surface area contributed by atoms with Crippen molar-refractivity contribution in [3.8, 4) is 5.75 Å². The summed E-state index contributed by atoms with van der Waals surface area (Å²) in [7, 11) is 0. The van der Waals surface area contributed by atoms with Crippen molar-refractivity contribution in [1.29, 1.82) is 0 Å². The van der Waals surface area contributed by atoms with Crippen molar-refractivity contribution in [3.05, 3.63) is 76.6 Å². The maximum atomic E-state index is 13.9. The zero-order valence-corrected chi connectivity index (χ0v) is 21.8. The summed E-state index contributed by atoms with van der Waals surface area (Å²) < 4.78 is 89.8. The first-order chi connectivity index (χ1) is 18.4. The van der Waals surface area contributed by atoms with Crippen LogP contribution in [0.4, 0.5) is 22.0 Å². The SMILES string of the molecule is C=C(C)C(=O)OC(C)(CCC)c1ccc(OC2CCCC(COC(=O)c3c(F)c(F)c(F)c(F)c3F)O2)cc1. The average Bonchev–Trinajstić information content (AvgIpc) is 2.90. The van der Waals surface area contributed by atoms with Gasteiger partial charge in [0, 0.05) is 12.0 Å². The van der Waals surface area contributed by atoms with E-state index in [0.29, 0.717) is 37.0 Å². The van der Waals surface area contributed by atoms with Gasteiger partial charge in [0.25, 0.3) is 0 Å². The number of rotatable bonds is 10. The summed E-state index contributed by atoms with van der Waals surface area (Å²) in [4.78, 5) is 24.2. The van der Waals surface area contributed by atoms with E-state index in [-0.39, 0.29) is 0 Å². The van der Waals surface area contributed by atoms with Crippen LogP contribution in [0.1, 0.15) is 68.8 Å². The second kappa shape index (κ2) is 12.6. The zero-order valence-electron chi connectivity index (χ0n) is 21.8. The van der Waals surface area contributed by atoms with Crippen LogP contribution in [0.5, 0.6) is 5.75 Å². The summed E-state index contributed by atoms with van der Waals surface area (Å²) in [5.41, 5.74) is -1.48. The van der Waals surface area contributed by atoms with Crippen molar-refractivity contribution in [2.75, 3.05) is 6.61 Å². The molecule has 6 nitrogen and oxygen atoms in total. The van der Waals surface area contributed by atoms with E-state index >= 15 is 0 Å². The number of benzene rings is 2. The molecule has 1 saturated heterocycles. The molecule has 0 radical (unpaired) electrons. The van der Waals surface area contributed by atoms with Crippen LogP contribution in [0.25, 0.3) is 0 Å². The predicted molar refractivity (Wildman–Crippen MR) is 129 cm³/mol. The van der Waals surface area contributed by atoms with Crippen molar-refractivity contribution in [2.24, 2.45) is 0 Å². The highest BCUT2D eigenvalue weighted by atomic mass is 19.2. The molecule has 1 aliphatic rings. The molecule has 0 spiro atoms. The van der Waals surface area contributed by atoms with Crippen molar-refractivity contribution in [3.63, 3.8) is 0 Å². The van der Waals surface area contributed by atoms with E-state index in [9.17, 15) is 31.5 Å². The van der Waals surface area contributed by atoms with E-state index < -0.39 is 71.2 Å². The first-order valence-corrected chi connectivity index (χ1v) is 12.4. The van der Waals surface area contributed by atoms with Gasteiger partial charge in [-0.2, -0.15) is 0 Å². The maximum absolute atomic E-state index is 13.9. The number of halogens is 5. The van der Waals surface area contributed by atoms with Crippen LogP contribution in [0.15, 0.2) is 36.4 Å². The highest BCUT2D eigenvalue weighted by Crippen LogP contribution is 2.33. The molecule has 0 saturated carbocycles. The number of hydrogen-bond acceptors (Lipinski definition) is 6. The lowest BCUT2D eigenvalue weighted by molar-refractivity contribution is -0.158. The topological polar surface area (TPSA) is 71.1 Å². The van der Waals surface area contributed by atoms with Gasteiger partial charge >= 0.3 is 11.9 Å². The van der Waals surface area contributed by atoms with E-state index in [2.05, 4.69) is 6.58 Å². The number of esters is 2. The molecule has 1 fully saturated rings. The molecule has 2 aromatic rings. The fourth-order valence-corrected chi connectivity index (χ4v) is 4.16. The highest BCUT2D eigenvalue weighted by molar-refractivity contribution is 5.90. The molecular weight excluding hydrogens is 527 g/mol. The molecular formula is C28H29F5O6. The molecule has 2 aromatic carbocycles. The molecule has 212 valence electrons. The zero-order chi connectivity index (χ0) is 28.9. The number of ether oxygens (including phenoxy) is 4. The minimum absolute atomic E-state index is 0.291. The summed E-state index contributed by atoms with van der Waals surface area (Å²) in [5.74, 6) is -13.1. The molecule has 3 rings (SSSR count). The molecule has 0 aliphatic carbocycles. The molecule has 1 heterocycles. The van der Waals surface area contributed by atoms with Gasteiger partial charge in [-0.05, 0) is 50.8 Å². The van der Waals surface area contributed by atoms with Gasteiger partial charge in [0.05, 0.1) is 6.10 Å². The summed E-state index contributed by atoms with van der Waals surface area (Å²) in [6.45, 7) is 8.50. The van der Waals surface area contributed by atoms with Gasteiger partial charge in [-0.1, -0.05) is 32.1 Å². The second-order valence-corrected chi connectivity index (χ2v) is 9.45. The Morgan fingerprint density at radius 2 is 1.59 bits per heavy atom. The molecule has 0 amide bonds. The normalized spacial score (nSPS) is 18.7. The minimum Gasteiger partial charge on any atom is -0.465 e. The highest BCUT2D eigenvalue weighted by Gasteiger charge is 2.33. The smallest absolute Gasteiger partial charge is 0.344 e. The Hall–Kier alpha value is -3.47. The lowest BCUT2D eigenvalue weighted by Gasteiger charge is -2.31. The number of hydrogen-bond donors (Lipinski definition) is 0. The fourth-order valence-electron chi connectivity index (χ4n) is 4.16. The van der Waals surface area contributed by atoms with Crippen LogP contribution < -0.4 is 4.74 Å². The molecule has 3 unspecified atom stereocenters. The molecule has 1 aliphatic heterocycles. The monoisotopic (exact) mass is 556 g/mol. The van der Waals surface area contributed by atoms with Crippen LogP contribution in [-0.2, 0) is 24.6 Å². The first kappa shape index (κ1) is 30.1. The largest absolute Gasteiger partial charge is 0.465 e. The van der Waals surface area contributed by atoms with Crippen LogP contribution in [-0.4, -0.2) is 30.9 Å². The van der Waals surface area contributed by atoms with E-state index in [4.69, 9.17) is 18.9 Å². The van der Waals surface area contributed by atoms with E-state index in [1.54, 1.807) is 31.2 Å². The Kier molecular flexibility index (Phi) is 9.71. The molecule has 3 atom stereocenters. The van der Waals surface area contributed by atoms with Crippen molar-refractivity contribution < 1.29 is 50.5 Å². The summed E-state index contributed by atoms with van der Waals surface area (Å²) >= 11 is 0. The third-order valence-electron chi connectivity index (χ3n) is 6.25. The van der Waals surface area contributed by atoms with Crippen molar-refractivity contribution in [1.82, 2.24) is 0 Å². The van der Waals surface area contributed by atoms with Crippen LogP contribution in [0.3, 0.4) is 0 Å². The Morgan fingerprint density at radius 1 is 1.00 bits per heavy atom. The van der Waals surface area contributed by atoms with Crippen LogP contribution >= 0.6 is 0 Å². The third kappa shape index (κ3) is 6.95. The molecule has 39 heavy (non-hydrogen) atoms. The quantitative estimate of drug-likeness (QED) is 0.107. The van der Waals surface area contributed by atoms with Gasteiger partial charge in [0.2, 0.25) is 5.82 Å². The van der Waals surface area contributed by atoms with Gasteiger partial charge in [-0.3, -0.25) is 0 Å². The third-order valence-corrected chi connectivity index (χ3v) is 6.25. The van der Waals surface area contributed by atoms with Gasteiger partial charge in [0.1, 0.15) is 23.5 Å². The predicted octanol–water partition coefficient (Wildman–Crippen LogP) is 6.65. The number of carbonyl (C=O) groups excluding carboxylic acids is 2. The molecule has 0 bridgehead atoms. The molecule has 11 heteroatoms. The lowest BCUT2D eigenvalue weighted by atomic mass is 9.91. The Balaban J connectivity index is 1.61. The van der Waals surface area contributed by atoms with E-state index in [1.165, 1.54) is 0 Å². The maximum Gasteiger partial charge on any atom is 0.344 e. The fraction of sp³-hybridized carbons (Fsp3) is 0.429. The number of carbonyl (C=O) groups is 2. The van der Waals surface area contributed by atoms with Crippen LogP contribution in [0, 0.1) is 29.1 Å².